The highest BCUT2D eigenvalue weighted by Gasteiger charge is 2.42. The summed E-state index contributed by atoms with van der Waals surface area (Å²) in [6.07, 6.45) is 1.04. The predicted octanol–water partition coefficient (Wildman–Crippen LogP) is 5.24. The summed E-state index contributed by atoms with van der Waals surface area (Å²) in [4.78, 5) is 24.9. The van der Waals surface area contributed by atoms with Crippen LogP contribution in [0.2, 0.25) is 0 Å². The van der Waals surface area contributed by atoms with Crippen LogP contribution >= 0.6 is 0 Å². The van der Waals surface area contributed by atoms with Crippen LogP contribution in [0.1, 0.15) is 64.7 Å². The van der Waals surface area contributed by atoms with Gasteiger partial charge in [0, 0.05) is 35.7 Å². The fourth-order valence-corrected chi connectivity index (χ4v) is 5.45. The number of benzene rings is 3. The van der Waals surface area contributed by atoms with E-state index in [0.717, 1.165) is 6.42 Å². The molecule has 0 heterocycles. The Morgan fingerprint density at radius 3 is 2.15 bits per heavy atom. The zero-order valence-corrected chi connectivity index (χ0v) is 19.0. The Morgan fingerprint density at radius 2 is 1.52 bits per heavy atom. The van der Waals surface area contributed by atoms with Crippen LogP contribution in [0, 0.1) is 5.92 Å². The molecule has 0 fully saturated rings. The monoisotopic (exact) mass is 439 g/mol. The minimum Gasteiger partial charge on any atom is -0.352 e. The van der Waals surface area contributed by atoms with E-state index in [9.17, 15) is 9.59 Å². The van der Waals surface area contributed by atoms with E-state index in [4.69, 9.17) is 0 Å². The second kappa shape index (κ2) is 8.74. The van der Waals surface area contributed by atoms with Crippen molar-refractivity contribution in [3.63, 3.8) is 0 Å². The van der Waals surface area contributed by atoms with E-state index >= 15 is 0 Å². The largest absolute Gasteiger partial charge is 0.352 e. The normalized spacial score (nSPS) is 20.0. The molecule has 0 saturated heterocycles. The van der Waals surface area contributed by atoms with E-state index in [2.05, 4.69) is 64.5 Å². The maximum atomic E-state index is 13.0. The summed E-state index contributed by atoms with van der Waals surface area (Å²) in [5.41, 5.74) is 6.80. The molecule has 3 aromatic rings. The first-order valence-electron chi connectivity index (χ1n) is 11.6. The smallest absolute Gasteiger partial charge is 0.319 e. The van der Waals surface area contributed by atoms with E-state index in [1.165, 1.54) is 22.3 Å². The molecule has 3 aliphatic carbocycles. The summed E-state index contributed by atoms with van der Waals surface area (Å²) in [5, 5.41) is 8.74. The van der Waals surface area contributed by atoms with Crippen molar-refractivity contribution < 1.29 is 9.59 Å². The lowest BCUT2D eigenvalue weighted by Gasteiger charge is -2.45. The number of carbonyl (C=O) groups is 2. The first kappa shape index (κ1) is 21.3. The predicted molar refractivity (Wildman–Crippen MR) is 131 cm³/mol. The molecule has 0 aromatic heterocycles. The standard InChI is InChI=1S/C28H29N3O2/c1-17(2)30-28(33)31-20-9-7-8-18(14-20)27(32)29-16-19-15-25-21-10-3-5-12-23(21)26(19)24-13-6-4-11-22(24)25/h3-14,17,19,25-26H,15-16H2,1-2H3,(H,29,32)(H2,30,31,33). The average Bonchev–Trinajstić information content (AvgIpc) is 2.82. The number of anilines is 1. The molecular weight excluding hydrogens is 410 g/mol. The summed E-state index contributed by atoms with van der Waals surface area (Å²) in [6, 6.07) is 24.3. The Morgan fingerprint density at radius 1 is 0.879 bits per heavy atom. The zero-order chi connectivity index (χ0) is 22.9. The van der Waals surface area contributed by atoms with E-state index in [0.29, 0.717) is 35.5 Å². The van der Waals surface area contributed by atoms with Gasteiger partial charge >= 0.3 is 6.03 Å². The first-order valence-corrected chi connectivity index (χ1v) is 11.6. The molecule has 5 nitrogen and oxygen atoms in total. The minimum absolute atomic E-state index is 0.0394. The molecule has 3 aliphatic rings. The van der Waals surface area contributed by atoms with Crippen molar-refractivity contribution in [2.24, 2.45) is 5.92 Å². The molecule has 6 rings (SSSR count). The Balaban J connectivity index is 1.30. The number of amides is 3. The van der Waals surface area contributed by atoms with Gasteiger partial charge in [0.25, 0.3) is 5.91 Å². The van der Waals surface area contributed by atoms with Gasteiger partial charge in [-0.2, -0.15) is 0 Å². The Bertz CT molecular complexity index is 1160. The molecule has 0 saturated carbocycles. The highest BCUT2D eigenvalue weighted by Crippen LogP contribution is 2.55. The summed E-state index contributed by atoms with van der Waals surface area (Å²) in [6.45, 7) is 4.42. The van der Waals surface area contributed by atoms with Crippen molar-refractivity contribution in [1.82, 2.24) is 10.6 Å². The van der Waals surface area contributed by atoms with Gasteiger partial charge in [-0.05, 0) is 66.6 Å². The second-order valence-electron chi connectivity index (χ2n) is 9.33. The van der Waals surface area contributed by atoms with E-state index < -0.39 is 0 Å². The van der Waals surface area contributed by atoms with Gasteiger partial charge in [0.15, 0.2) is 0 Å². The third kappa shape index (κ3) is 4.11. The molecule has 3 amide bonds. The van der Waals surface area contributed by atoms with Crippen LogP contribution in [0.3, 0.4) is 0 Å². The molecular formula is C28H29N3O2. The number of rotatable bonds is 5. The molecule has 168 valence electrons. The number of fused-ring (bicyclic) bond motifs is 1. The Hall–Kier alpha value is -3.60. The quantitative estimate of drug-likeness (QED) is 0.509. The average molecular weight is 440 g/mol. The number of hydrogen-bond donors (Lipinski definition) is 3. The summed E-state index contributed by atoms with van der Waals surface area (Å²) in [7, 11) is 0. The van der Waals surface area contributed by atoms with Crippen LogP contribution in [0.4, 0.5) is 10.5 Å². The fraction of sp³-hybridized carbons (Fsp3) is 0.286. The van der Waals surface area contributed by atoms with Crippen molar-refractivity contribution in [3.05, 3.63) is 101 Å². The molecule has 0 spiro atoms. The van der Waals surface area contributed by atoms with Crippen molar-refractivity contribution in [2.75, 3.05) is 11.9 Å². The van der Waals surface area contributed by atoms with Gasteiger partial charge in [0.1, 0.15) is 0 Å². The van der Waals surface area contributed by atoms with Crippen molar-refractivity contribution in [2.45, 2.75) is 38.1 Å². The van der Waals surface area contributed by atoms with Crippen molar-refractivity contribution in [1.29, 1.82) is 0 Å². The van der Waals surface area contributed by atoms with Crippen LogP contribution < -0.4 is 16.0 Å². The van der Waals surface area contributed by atoms with Gasteiger partial charge in [0.2, 0.25) is 0 Å². The number of urea groups is 1. The lowest BCUT2D eigenvalue weighted by molar-refractivity contribution is 0.0943. The summed E-state index contributed by atoms with van der Waals surface area (Å²) in [5.74, 6) is 0.916. The van der Waals surface area contributed by atoms with Crippen LogP contribution in [0.15, 0.2) is 72.8 Å². The number of carbonyl (C=O) groups excluding carboxylic acids is 2. The second-order valence-corrected chi connectivity index (χ2v) is 9.33. The molecule has 33 heavy (non-hydrogen) atoms. The third-order valence-corrected chi connectivity index (χ3v) is 6.75. The molecule has 0 radical (unpaired) electrons. The van der Waals surface area contributed by atoms with Gasteiger partial charge in [-0.25, -0.2) is 4.79 Å². The maximum absolute atomic E-state index is 13.0. The number of hydrogen-bond acceptors (Lipinski definition) is 2. The van der Waals surface area contributed by atoms with Crippen molar-refractivity contribution in [3.8, 4) is 0 Å². The Labute approximate surface area is 194 Å². The summed E-state index contributed by atoms with van der Waals surface area (Å²) < 4.78 is 0. The molecule has 1 unspecified atom stereocenters. The van der Waals surface area contributed by atoms with E-state index in [1.54, 1.807) is 24.3 Å². The lowest BCUT2D eigenvalue weighted by Crippen LogP contribution is -2.39. The van der Waals surface area contributed by atoms with Crippen LogP contribution in [-0.2, 0) is 0 Å². The van der Waals surface area contributed by atoms with Crippen LogP contribution in [0.5, 0.6) is 0 Å². The molecule has 2 bridgehead atoms. The highest BCUT2D eigenvalue weighted by atomic mass is 16.2. The number of nitrogens with one attached hydrogen (secondary N) is 3. The van der Waals surface area contributed by atoms with Gasteiger partial charge in [0.05, 0.1) is 0 Å². The summed E-state index contributed by atoms with van der Waals surface area (Å²) >= 11 is 0. The zero-order valence-electron chi connectivity index (χ0n) is 19.0. The fourth-order valence-electron chi connectivity index (χ4n) is 5.45. The highest BCUT2D eigenvalue weighted by molar-refractivity contribution is 5.96. The molecule has 3 aromatic carbocycles. The maximum Gasteiger partial charge on any atom is 0.319 e. The molecule has 5 heteroatoms. The Kier molecular flexibility index (Phi) is 5.63. The first-order chi connectivity index (χ1) is 16.0. The van der Waals surface area contributed by atoms with Crippen LogP contribution in [-0.4, -0.2) is 24.5 Å². The van der Waals surface area contributed by atoms with Gasteiger partial charge in [-0.1, -0.05) is 54.6 Å². The van der Waals surface area contributed by atoms with Crippen LogP contribution in [0.25, 0.3) is 0 Å². The molecule has 3 N–H and O–H groups in total. The molecule has 0 aliphatic heterocycles. The minimum atomic E-state index is -0.280. The SMILES string of the molecule is CC(C)NC(=O)Nc1cccc(C(=O)NCC2CC3c4ccccc4C2c2ccccc23)c1. The van der Waals surface area contributed by atoms with Gasteiger partial charge in [-0.3, -0.25) is 4.79 Å². The third-order valence-electron chi connectivity index (χ3n) is 6.75. The van der Waals surface area contributed by atoms with Crippen molar-refractivity contribution >= 4 is 17.6 Å². The lowest BCUT2D eigenvalue weighted by atomic mass is 9.59. The van der Waals surface area contributed by atoms with E-state index in [-0.39, 0.29) is 18.0 Å². The van der Waals surface area contributed by atoms with E-state index in [1.807, 2.05) is 13.8 Å². The van der Waals surface area contributed by atoms with Gasteiger partial charge in [-0.15, -0.1) is 0 Å². The topological polar surface area (TPSA) is 70.2 Å². The molecule has 1 atom stereocenters. The van der Waals surface area contributed by atoms with Gasteiger partial charge < -0.3 is 16.0 Å².